The summed E-state index contributed by atoms with van der Waals surface area (Å²) in [5.41, 5.74) is 0. The van der Waals surface area contributed by atoms with Crippen molar-refractivity contribution in [3.63, 3.8) is 0 Å². The van der Waals surface area contributed by atoms with Crippen molar-refractivity contribution in [2.75, 3.05) is 41.0 Å². The fourth-order valence-corrected chi connectivity index (χ4v) is 7.11. The standard InChI is InChI=1S/C52H93NO7/c1-6-8-10-12-14-16-18-20-22-24-25-26-27-29-30-32-34-36-38-40-42-50(54)59-47-48(46-58-45-44-49(52(56)57)53(3,4)5)60-51(55)43-41-39-37-35-33-31-28-23-21-19-17-15-13-11-9-7-2/h16,18,20,22-23,28,31,33,48-49H,6-15,17,19,21,24-27,29-30,32,34-47H2,1-5H3/b18-16+,22-20+,28-23+,33-31+. The Morgan fingerprint density at radius 2 is 0.867 bits per heavy atom. The molecule has 0 amide bonds. The van der Waals surface area contributed by atoms with Crippen LogP contribution in [0.2, 0.25) is 0 Å². The lowest BCUT2D eigenvalue weighted by Gasteiger charge is -2.34. The number of hydrogen-bond acceptors (Lipinski definition) is 7. The average Bonchev–Trinajstić information content (AvgIpc) is 3.21. The number of unbranched alkanes of at least 4 members (excludes halogenated alkanes) is 24. The molecule has 0 rings (SSSR count). The maximum absolute atomic E-state index is 12.7. The van der Waals surface area contributed by atoms with Crippen molar-refractivity contribution in [2.24, 2.45) is 0 Å². The second-order valence-corrected chi connectivity index (χ2v) is 17.8. The Kier molecular flexibility index (Phi) is 41.0. The Hall–Kier alpha value is -2.71. The number of carboxylic acid groups (broad SMARTS) is 1. The van der Waals surface area contributed by atoms with Gasteiger partial charge >= 0.3 is 11.9 Å². The molecule has 60 heavy (non-hydrogen) atoms. The zero-order valence-electron chi connectivity index (χ0n) is 39.6. The van der Waals surface area contributed by atoms with Crippen LogP contribution in [0.15, 0.2) is 48.6 Å². The van der Waals surface area contributed by atoms with Crippen LogP contribution in [-0.4, -0.2) is 75.5 Å². The van der Waals surface area contributed by atoms with Crippen LogP contribution in [0.1, 0.15) is 213 Å². The molecule has 0 aliphatic heterocycles. The van der Waals surface area contributed by atoms with E-state index in [0.29, 0.717) is 6.42 Å². The number of carbonyl (C=O) groups excluding carboxylic acids is 3. The summed E-state index contributed by atoms with van der Waals surface area (Å²) in [7, 11) is 5.40. The third-order valence-electron chi connectivity index (χ3n) is 11.0. The summed E-state index contributed by atoms with van der Waals surface area (Å²) in [6.07, 6.45) is 51.4. The lowest BCUT2D eigenvalue weighted by atomic mass is 10.1. The SMILES string of the molecule is CCCCCC/C=C/C=C/CCCCCCCCCCCCC(=O)OCC(COCCC(C(=O)[O-])[N+](C)(C)C)OC(=O)CCCCC/C=C/C=C/CCCCCCCCC. The van der Waals surface area contributed by atoms with Gasteiger partial charge in [-0.1, -0.05) is 178 Å². The van der Waals surface area contributed by atoms with Crippen molar-refractivity contribution in [1.29, 1.82) is 0 Å². The predicted molar refractivity (Wildman–Crippen MR) is 250 cm³/mol. The van der Waals surface area contributed by atoms with Gasteiger partial charge in [-0.05, 0) is 64.2 Å². The third-order valence-corrected chi connectivity index (χ3v) is 11.0. The molecule has 0 aliphatic carbocycles. The highest BCUT2D eigenvalue weighted by Crippen LogP contribution is 2.14. The molecule has 0 aromatic heterocycles. The van der Waals surface area contributed by atoms with Crippen molar-refractivity contribution in [2.45, 2.75) is 225 Å². The van der Waals surface area contributed by atoms with Crippen molar-refractivity contribution in [3.05, 3.63) is 48.6 Å². The number of aliphatic carboxylic acids is 1. The summed E-state index contributed by atoms with van der Waals surface area (Å²) in [5, 5.41) is 11.6. The number of carbonyl (C=O) groups is 3. The summed E-state index contributed by atoms with van der Waals surface area (Å²) >= 11 is 0. The molecule has 0 aliphatic rings. The van der Waals surface area contributed by atoms with Gasteiger partial charge in [-0.2, -0.15) is 0 Å². The van der Waals surface area contributed by atoms with Gasteiger partial charge in [-0.15, -0.1) is 0 Å². The second-order valence-electron chi connectivity index (χ2n) is 17.8. The highest BCUT2D eigenvalue weighted by Gasteiger charge is 2.25. The van der Waals surface area contributed by atoms with Crippen molar-refractivity contribution in [1.82, 2.24) is 0 Å². The highest BCUT2D eigenvalue weighted by molar-refractivity contribution is 5.70. The molecule has 0 bridgehead atoms. The number of ether oxygens (including phenoxy) is 3. The molecule has 2 atom stereocenters. The predicted octanol–water partition coefficient (Wildman–Crippen LogP) is 12.6. The van der Waals surface area contributed by atoms with Crippen molar-refractivity contribution in [3.8, 4) is 0 Å². The summed E-state index contributed by atoms with van der Waals surface area (Å²) in [4.78, 5) is 37.0. The number of carboxylic acids is 1. The topological polar surface area (TPSA) is 102 Å². The van der Waals surface area contributed by atoms with E-state index < -0.39 is 18.1 Å². The molecule has 2 unspecified atom stereocenters. The Morgan fingerprint density at radius 1 is 0.500 bits per heavy atom. The zero-order valence-corrected chi connectivity index (χ0v) is 39.6. The van der Waals surface area contributed by atoms with Gasteiger partial charge in [0, 0.05) is 19.3 Å². The van der Waals surface area contributed by atoms with E-state index in [4.69, 9.17) is 14.2 Å². The first-order valence-electron chi connectivity index (χ1n) is 24.7. The average molecular weight is 844 g/mol. The summed E-state index contributed by atoms with van der Waals surface area (Å²) in [6.45, 7) is 4.62. The normalized spacial score (nSPS) is 13.3. The second kappa shape index (κ2) is 43.0. The highest BCUT2D eigenvalue weighted by atomic mass is 16.6. The first-order chi connectivity index (χ1) is 29.1. The maximum atomic E-state index is 12.7. The molecule has 0 spiro atoms. The first-order valence-corrected chi connectivity index (χ1v) is 24.7. The number of quaternary nitrogens is 1. The monoisotopic (exact) mass is 844 g/mol. The van der Waals surface area contributed by atoms with Crippen molar-refractivity contribution >= 4 is 17.9 Å². The van der Waals surface area contributed by atoms with Gasteiger partial charge < -0.3 is 28.6 Å². The molecule has 0 fully saturated rings. The molecule has 0 saturated heterocycles. The molecule has 0 heterocycles. The van der Waals surface area contributed by atoms with E-state index in [9.17, 15) is 19.5 Å². The van der Waals surface area contributed by atoms with Gasteiger partial charge in [-0.3, -0.25) is 9.59 Å². The maximum Gasteiger partial charge on any atom is 0.306 e. The fourth-order valence-electron chi connectivity index (χ4n) is 7.11. The molecule has 348 valence electrons. The largest absolute Gasteiger partial charge is 0.544 e. The summed E-state index contributed by atoms with van der Waals surface area (Å²) < 4.78 is 17.2. The Morgan fingerprint density at radius 3 is 1.28 bits per heavy atom. The smallest absolute Gasteiger partial charge is 0.306 e. The van der Waals surface area contributed by atoms with Gasteiger partial charge in [0.1, 0.15) is 12.6 Å². The number of likely N-dealkylation sites (N-methyl/N-ethyl adjacent to an activating group) is 1. The number of esters is 2. The van der Waals surface area contributed by atoms with Crippen LogP contribution in [-0.2, 0) is 28.6 Å². The first kappa shape index (κ1) is 57.3. The molecular weight excluding hydrogens is 751 g/mol. The number of nitrogens with zero attached hydrogens (tertiary/aromatic N) is 1. The Bertz CT molecular complexity index is 1120. The lowest BCUT2D eigenvalue weighted by molar-refractivity contribution is -0.889. The van der Waals surface area contributed by atoms with E-state index in [0.717, 1.165) is 51.4 Å². The summed E-state index contributed by atoms with van der Waals surface area (Å²) in [5.74, 6) is -1.77. The van der Waals surface area contributed by atoms with Crippen molar-refractivity contribution < 1.29 is 38.2 Å². The molecular formula is C52H93NO7. The van der Waals surface area contributed by atoms with E-state index in [1.165, 1.54) is 128 Å². The van der Waals surface area contributed by atoms with E-state index in [-0.39, 0.29) is 49.1 Å². The molecule has 8 nitrogen and oxygen atoms in total. The lowest BCUT2D eigenvalue weighted by Crippen LogP contribution is -2.55. The van der Waals surface area contributed by atoms with Gasteiger partial charge in [0.05, 0.1) is 40.3 Å². The van der Waals surface area contributed by atoms with Gasteiger partial charge in [0.25, 0.3) is 0 Å². The van der Waals surface area contributed by atoms with E-state index in [1.807, 2.05) is 0 Å². The van der Waals surface area contributed by atoms with Gasteiger partial charge in [-0.25, -0.2) is 0 Å². The van der Waals surface area contributed by atoms with E-state index >= 15 is 0 Å². The molecule has 0 aromatic carbocycles. The number of allylic oxidation sites excluding steroid dienone is 8. The van der Waals surface area contributed by atoms with Crippen LogP contribution < -0.4 is 5.11 Å². The number of rotatable bonds is 44. The van der Waals surface area contributed by atoms with Crippen LogP contribution in [0.5, 0.6) is 0 Å². The minimum absolute atomic E-state index is 0.0289. The third kappa shape index (κ3) is 40.7. The van der Waals surface area contributed by atoms with E-state index in [2.05, 4.69) is 62.5 Å². The van der Waals surface area contributed by atoms with E-state index in [1.54, 1.807) is 21.1 Å². The molecule has 8 heteroatoms. The minimum atomic E-state index is -1.13. The van der Waals surface area contributed by atoms with Crippen LogP contribution in [0, 0.1) is 0 Å². The summed E-state index contributed by atoms with van der Waals surface area (Å²) in [6, 6.07) is -0.732. The number of hydrogen-bond donors (Lipinski definition) is 0. The molecule has 0 saturated carbocycles. The Balaban J connectivity index is 4.31. The molecule has 0 radical (unpaired) electrons. The minimum Gasteiger partial charge on any atom is -0.544 e. The van der Waals surface area contributed by atoms with Crippen LogP contribution >= 0.6 is 0 Å². The van der Waals surface area contributed by atoms with Gasteiger partial charge in [0.2, 0.25) is 0 Å². The van der Waals surface area contributed by atoms with Crippen LogP contribution in [0.4, 0.5) is 0 Å². The van der Waals surface area contributed by atoms with Crippen LogP contribution in [0.25, 0.3) is 0 Å². The van der Waals surface area contributed by atoms with Crippen LogP contribution in [0.3, 0.4) is 0 Å². The quantitative estimate of drug-likeness (QED) is 0.0260. The Labute approximate surface area is 369 Å². The fraction of sp³-hybridized carbons (Fsp3) is 0.788. The van der Waals surface area contributed by atoms with Gasteiger partial charge in [0.15, 0.2) is 6.10 Å². The zero-order chi connectivity index (χ0) is 44.2. The molecule has 0 aromatic rings. The molecule has 0 N–H and O–H groups in total.